The summed E-state index contributed by atoms with van der Waals surface area (Å²) in [5.74, 6) is -0.414. The van der Waals surface area contributed by atoms with Gasteiger partial charge >= 0.3 is 0 Å². The number of fused-ring (bicyclic) bond motifs is 1. The first-order chi connectivity index (χ1) is 15.5. The number of carbonyl (C=O) groups is 3. The average molecular weight is 434 g/mol. The predicted octanol–water partition coefficient (Wildman–Crippen LogP) is 3.23. The molecule has 32 heavy (non-hydrogen) atoms. The molecule has 1 fully saturated rings. The van der Waals surface area contributed by atoms with Crippen LogP contribution in [0.25, 0.3) is 0 Å². The third-order valence-corrected chi connectivity index (χ3v) is 6.61. The maximum absolute atomic E-state index is 12.8. The lowest BCUT2D eigenvalue weighted by molar-refractivity contribution is -0.135. The van der Waals surface area contributed by atoms with Crippen LogP contribution in [0.4, 0.5) is 0 Å². The molecule has 3 amide bonds. The lowest BCUT2D eigenvalue weighted by Gasteiger charge is -2.44. The minimum absolute atomic E-state index is 0.100. The second-order valence-electron chi connectivity index (χ2n) is 8.88. The number of piperazine rings is 1. The van der Waals surface area contributed by atoms with E-state index in [1.807, 2.05) is 11.0 Å². The Bertz CT molecular complexity index is 944. The lowest BCUT2D eigenvalue weighted by atomic mass is 10.0. The van der Waals surface area contributed by atoms with Crippen LogP contribution in [0, 0.1) is 0 Å². The van der Waals surface area contributed by atoms with Crippen molar-refractivity contribution in [2.45, 2.75) is 45.2 Å². The third-order valence-electron chi connectivity index (χ3n) is 6.61. The minimum Gasteiger partial charge on any atom is -0.340 e. The molecule has 4 rings (SSSR count). The molecular formula is C26H31N3O3. The van der Waals surface area contributed by atoms with Gasteiger partial charge in [-0.2, -0.15) is 0 Å². The molecule has 6 heteroatoms. The quantitative estimate of drug-likeness (QED) is 0.629. The summed E-state index contributed by atoms with van der Waals surface area (Å²) in [5, 5.41) is 0. The van der Waals surface area contributed by atoms with E-state index in [-0.39, 0.29) is 24.3 Å². The standard InChI is InChI=1S/C26H31N3O3/c1-19-17-27(18-20(2)28(19)16-14-21-9-4-3-5-10-21)24(30)13-8-15-29-25(31)22-11-6-7-12-23(22)26(29)32/h3-7,9-12,19-20H,8,13-18H2,1-2H3. The van der Waals surface area contributed by atoms with Crippen LogP contribution in [0.15, 0.2) is 54.6 Å². The molecule has 2 aliphatic heterocycles. The Balaban J connectivity index is 1.25. The summed E-state index contributed by atoms with van der Waals surface area (Å²) in [6.45, 7) is 7.05. The van der Waals surface area contributed by atoms with Gasteiger partial charge in [-0.05, 0) is 44.4 Å². The summed E-state index contributed by atoms with van der Waals surface area (Å²) >= 11 is 0. The molecule has 0 bridgehead atoms. The van der Waals surface area contributed by atoms with Gasteiger partial charge in [-0.15, -0.1) is 0 Å². The normalized spacial score (nSPS) is 21.2. The number of rotatable bonds is 7. The van der Waals surface area contributed by atoms with Gasteiger partial charge in [0.05, 0.1) is 11.1 Å². The predicted molar refractivity (Wildman–Crippen MR) is 123 cm³/mol. The largest absolute Gasteiger partial charge is 0.340 e. The molecule has 2 aromatic carbocycles. The van der Waals surface area contributed by atoms with Crippen molar-refractivity contribution in [3.8, 4) is 0 Å². The van der Waals surface area contributed by atoms with Gasteiger partial charge in [0, 0.05) is 44.7 Å². The van der Waals surface area contributed by atoms with Crippen molar-refractivity contribution in [2.24, 2.45) is 0 Å². The van der Waals surface area contributed by atoms with Gasteiger partial charge in [-0.1, -0.05) is 42.5 Å². The minimum atomic E-state index is -0.257. The van der Waals surface area contributed by atoms with Crippen molar-refractivity contribution in [1.82, 2.24) is 14.7 Å². The first kappa shape index (κ1) is 22.2. The Morgan fingerprint density at radius 1 is 0.844 bits per heavy atom. The van der Waals surface area contributed by atoms with Gasteiger partial charge in [0.25, 0.3) is 11.8 Å². The first-order valence-corrected chi connectivity index (χ1v) is 11.5. The van der Waals surface area contributed by atoms with Gasteiger partial charge in [0.1, 0.15) is 0 Å². The van der Waals surface area contributed by atoms with Crippen molar-refractivity contribution < 1.29 is 14.4 Å². The number of nitrogens with zero attached hydrogens (tertiary/aromatic N) is 3. The van der Waals surface area contributed by atoms with Gasteiger partial charge in [0.15, 0.2) is 0 Å². The van der Waals surface area contributed by atoms with Crippen LogP contribution >= 0.6 is 0 Å². The average Bonchev–Trinajstić information content (AvgIpc) is 3.04. The van der Waals surface area contributed by atoms with Crippen molar-refractivity contribution in [3.05, 3.63) is 71.3 Å². The summed E-state index contributed by atoms with van der Waals surface area (Å²) in [7, 11) is 0. The molecule has 0 radical (unpaired) electrons. The Kier molecular flexibility index (Phi) is 6.70. The van der Waals surface area contributed by atoms with Crippen LogP contribution in [-0.2, 0) is 11.2 Å². The highest BCUT2D eigenvalue weighted by molar-refractivity contribution is 6.21. The van der Waals surface area contributed by atoms with E-state index in [0.29, 0.717) is 49.1 Å². The van der Waals surface area contributed by atoms with Crippen LogP contribution in [0.1, 0.15) is 53.0 Å². The molecule has 0 aliphatic carbocycles. The van der Waals surface area contributed by atoms with Gasteiger partial charge in [-0.25, -0.2) is 0 Å². The number of hydrogen-bond acceptors (Lipinski definition) is 4. The summed E-state index contributed by atoms with van der Waals surface area (Å²) in [5.41, 5.74) is 2.25. The summed E-state index contributed by atoms with van der Waals surface area (Å²) < 4.78 is 0. The van der Waals surface area contributed by atoms with Crippen LogP contribution in [0.3, 0.4) is 0 Å². The maximum Gasteiger partial charge on any atom is 0.261 e. The molecule has 2 unspecified atom stereocenters. The third kappa shape index (κ3) is 4.60. The van der Waals surface area contributed by atoms with Gasteiger partial charge < -0.3 is 4.90 Å². The second kappa shape index (κ2) is 9.65. The van der Waals surface area contributed by atoms with Gasteiger partial charge in [-0.3, -0.25) is 24.2 Å². The van der Waals surface area contributed by atoms with Crippen LogP contribution in [0.5, 0.6) is 0 Å². The number of carbonyl (C=O) groups excluding carboxylic acids is 3. The Labute approximate surface area is 189 Å². The highest BCUT2D eigenvalue weighted by Gasteiger charge is 2.35. The smallest absolute Gasteiger partial charge is 0.261 e. The molecule has 2 aliphatic rings. The molecule has 0 aromatic heterocycles. The summed E-state index contributed by atoms with van der Waals surface area (Å²) in [6.07, 6.45) is 1.84. The number of amides is 3. The number of imide groups is 1. The topological polar surface area (TPSA) is 60.9 Å². The molecular weight excluding hydrogens is 402 g/mol. The molecule has 1 saturated heterocycles. The highest BCUT2D eigenvalue weighted by atomic mass is 16.2. The van der Waals surface area contributed by atoms with Gasteiger partial charge in [0.2, 0.25) is 5.91 Å². The van der Waals surface area contributed by atoms with E-state index in [2.05, 4.69) is 43.0 Å². The van der Waals surface area contributed by atoms with E-state index in [1.165, 1.54) is 10.5 Å². The van der Waals surface area contributed by atoms with Crippen LogP contribution in [-0.4, -0.2) is 70.7 Å². The summed E-state index contributed by atoms with van der Waals surface area (Å²) in [4.78, 5) is 43.5. The Morgan fingerprint density at radius 3 is 2.00 bits per heavy atom. The van der Waals surface area contributed by atoms with Crippen molar-refractivity contribution >= 4 is 17.7 Å². The number of hydrogen-bond donors (Lipinski definition) is 0. The van der Waals surface area contributed by atoms with E-state index in [9.17, 15) is 14.4 Å². The maximum atomic E-state index is 12.8. The van der Waals surface area contributed by atoms with Crippen molar-refractivity contribution in [1.29, 1.82) is 0 Å². The van der Waals surface area contributed by atoms with E-state index < -0.39 is 0 Å². The SMILES string of the molecule is CC1CN(C(=O)CCCN2C(=O)c3ccccc3C2=O)CC(C)N1CCc1ccccc1. The van der Waals surface area contributed by atoms with E-state index in [1.54, 1.807) is 24.3 Å². The molecule has 0 saturated carbocycles. The fourth-order valence-corrected chi connectivity index (χ4v) is 4.89. The second-order valence-corrected chi connectivity index (χ2v) is 8.88. The monoisotopic (exact) mass is 433 g/mol. The fraction of sp³-hybridized carbons (Fsp3) is 0.423. The van der Waals surface area contributed by atoms with E-state index in [0.717, 1.165) is 13.0 Å². The molecule has 2 atom stereocenters. The summed E-state index contributed by atoms with van der Waals surface area (Å²) in [6, 6.07) is 18.0. The molecule has 6 nitrogen and oxygen atoms in total. The number of benzene rings is 2. The molecule has 0 spiro atoms. The zero-order valence-electron chi connectivity index (χ0n) is 18.9. The Morgan fingerprint density at radius 2 is 1.41 bits per heavy atom. The van der Waals surface area contributed by atoms with E-state index in [4.69, 9.17) is 0 Å². The Hall–Kier alpha value is -2.99. The molecule has 168 valence electrons. The highest BCUT2D eigenvalue weighted by Crippen LogP contribution is 2.23. The zero-order valence-corrected chi connectivity index (χ0v) is 18.9. The van der Waals surface area contributed by atoms with E-state index >= 15 is 0 Å². The molecule has 2 aromatic rings. The van der Waals surface area contributed by atoms with Crippen molar-refractivity contribution in [3.63, 3.8) is 0 Å². The zero-order chi connectivity index (χ0) is 22.7. The van der Waals surface area contributed by atoms with Crippen LogP contribution < -0.4 is 0 Å². The molecule has 2 heterocycles. The molecule has 0 N–H and O–H groups in total. The van der Waals surface area contributed by atoms with Crippen molar-refractivity contribution in [2.75, 3.05) is 26.2 Å². The fourth-order valence-electron chi connectivity index (χ4n) is 4.89. The lowest BCUT2D eigenvalue weighted by Crippen LogP contribution is -2.58. The first-order valence-electron chi connectivity index (χ1n) is 11.5. The van der Waals surface area contributed by atoms with Crippen LogP contribution in [0.2, 0.25) is 0 Å².